The molecule has 1 fully saturated rings. The molecule has 1 aliphatic rings. The van der Waals surface area contributed by atoms with E-state index in [1.165, 1.54) is 4.90 Å². The van der Waals surface area contributed by atoms with Crippen LogP contribution in [0.3, 0.4) is 0 Å². The minimum atomic E-state index is -4.28. The van der Waals surface area contributed by atoms with Crippen LogP contribution in [0.1, 0.15) is 12.1 Å². The van der Waals surface area contributed by atoms with Crippen LogP contribution in [0.4, 0.5) is 13.2 Å². The van der Waals surface area contributed by atoms with Gasteiger partial charge < -0.3 is 0 Å². The zero-order valence-electron chi connectivity index (χ0n) is 18.0. The van der Waals surface area contributed by atoms with Crippen molar-refractivity contribution in [1.29, 1.82) is 5.26 Å². The average Bonchev–Trinajstić information content (AvgIpc) is 3.44. The molecule has 33 heavy (non-hydrogen) atoms. The highest BCUT2D eigenvalue weighted by molar-refractivity contribution is 5.69. The first-order valence-corrected chi connectivity index (χ1v) is 10.2. The Kier molecular flexibility index (Phi) is 4.75. The van der Waals surface area contributed by atoms with E-state index in [1.807, 2.05) is 30.6 Å². The highest BCUT2D eigenvalue weighted by Gasteiger charge is 2.49. The molecule has 5 rings (SSSR count). The molecule has 4 aromatic rings. The van der Waals surface area contributed by atoms with E-state index in [2.05, 4.69) is 21.3 Å². The number of imidazole rings is 1. The summed E-state index contributed by atoms with van der Waals surface area (Å²) in [7, 11) is 1.82. The summed E-state index contributed by atoms with van der Waals surface area (Å²) >= 11 is 0. The number of aromatic nitrogens is 7. The lowest BCUT2D eigenvalue weighted by molar-refractivity contribution is -0.167. The first-order chi connectivity index (χ1) is 15.7. The topological polar surface area (TPSA) is 92.9 Å². The van der Waals surface area contributed by atoms with Gasteiger partial charge in [-0.1, -0.05) is 0 Å². The third-order valence-electron chi connectivity index (χ3n) is 5.86. The Labute approximate surface area is 186 Å². The van der Waals surface area contributed by atoms with Gasteiger partial charge in [0.05, 0.1) is 42.2 Å². The Morgan fingerprint density at radius 1 is 1.24 bits per heavy atom. The number of nitriles is 1. The second-order valence-corrected chi connectivity index (χ2v) is 8.42. The maximum Gasteiger partial charge on any atom is 0.401 e. The van der Waals surface area contributed by atoms with Gasteiger partial charge in [0.2, 0.25) is 0 Å². The number of rotatable bonds is 5. The van der Waals surface area contributed by atoms with Crippen LogP contribution in [0.25, 0.3) is 28.3 Å². The highest BCUT2D eigenvalue weighted by Crippen LogP contribution is 2.36. The van der Waals surface area contributed by atoms with Crippen molar-refractivity contribution in [3.63, 3.8) is 0 Å². The number of hydrogen-bond acceptors (Lipinski definition) is 6. The Hall–Kier alpha value is -3.72. The molecule has 1 saturated heterocycles. The molecule has 0 saturated carbocycles. The summed E-state index contributed by atoms with van der Waals surface area (Å²) in [6.07, 6.45) is 4.58. The summed E-state index contributed by atoms with van der Waals surface area (Å²) in [5, 5.41) is 18.2. The molecule has 0 atom stereocenters. The average molecular weight is 455 g/mol. The van der Waals surface area contributed by atoms with Crippen molar-refractivity contribution >= 4 is 5.65 Å². The third kappa shape index (κ3) is 3.74. The van der Waals surface area contributed by atoms with Crippen molar-refractivity contribution in [3.8, 4) is 28.7 Å². The second kappa shape index (κ2) is 7.41. The molecule has 5 heterocycles. The van der Waals surface area contributed by atoms with Crippen molar-refractivity contribution in [2.24, 2.45) is 7.05 Å². The third-order valence-corrected chi connectivity index (χ3v) is 5.86. The predicted molar refractivity (Wildman–Crippen MR) is 112 cm³/mol. The Morgan fingerprint density at radius 3 is 2.70 bits per heavy atom. The number of aryl methyl sites for hydroxylation is 2. The lowest BCUT2D eigenvalue weighted by Crippen LogP contribution is -2.64. The number of nitrogens with zero attached hydrogens (tertiary/aromatic N) is 9. The van der Waals surface area contributed by atoms with E-state index in [0.717, 1.165) is 11.1 Å². The second-order valence-electron chi connectivity index (χ2n) is 8.42. The highest BCUT2D eigenvalue weighted by atomic mass is 19.4. The van der Waals surface area contributed by atoms with Gasteiger partial charge in [-0.25, -0.2) is 9.97 Å². The molecule has 0 aromatic carbocycles. The van der Waals surface area contributed by atoms with Crippen molar-refractivity contribution in [3.05, 3.63) is 42.7 Å². The number of hydrogen-bond donors (Lipinski definition) is 0. The molecule has 0 N–H and O–H groups in total. The molecule has 0 spiro atoms. The van der Waals surface area contributed by atoms with E-state index in [9.17, 15) is 18.4 Å². The van der Waals surface area contributed by atoms with Crippen LogP contribution in [0.5, 0.6) is 0 Å². The Morgan fingerprint density at radius 2 is 2.03 bits per heavy atom. The summed E-state index contributed by atoms with van der Waals surface area (Å²) in [4.78, 5) is 10.5. The van der Waals surface area contributed by atoms with E-state index >= 15 is 0 Å². The standard InChI is InChI=1S/C21H20F3N9/c1-14-16(10-33(29-14)20(3-4-25)11-31(12-20)13-21(22,23)24)19-28-17(15-8-27-30(2)9-15)7-18-26-5-6-32(18)19/h5-10H,3,11-13H2,1-2H3. The number of halogens is 3. The van der Waals surface area contributed by atoms with Gasteiger partial charge in [0.15, 0.2) is 0 Å². The number of alkyl halides is 3. The Balaban J connectivity index is 1.55. The van der Waals surface area contributed by atoms with E-state index in [4.69, 9.17) is 4.98 Å². The summed E-state index contributed by atoms with van der Waals surface area (Å²) in [6.45, 7) is 1.02. The van der Waals surface area contributed by atoms with E-state index in [0.29, 0.717) is 22.9 Å². The van der Waals surface area contributed by atoms with Crippen molar-refractivity contribution in [1.82, 2.24) is 38.8 Å². The van der Waals surface area contributed by atoms with Gasteiger partial charge in [0, 0.05) is 56.6 Å². The maximum absolute atomic E-state index is 12.8. The summed E-state index contributed by atoms with van der Waals surface area (Å²) < 4.78 is 43.6. The van der Waals surface area contributed by atoms with Crippen LogP contribution in [0.15, 0.2) is 37.1 Å². The minimum absolute atomic E-state index is 0.0611. The normalized spacial score (nSPS) is 16.1. The molecule has 12 heteroatoms. The van der Waals surface area contributed by atoms with Gasteiger partial charge in [-0.05, 0) is 6.92 Å². The lowest BCUT2D eigenvalue weighted by atomic mass is 9.87. The van der Waals surface area contributed by atoms with Crippen LogP contribution < -0.4 is 0 Å². The Bertz CT molecular complexity index is 1370. The van der Waals surface area contributed by atoms with Crippen molar-refractivity contribution in [2.75, 3.05) is 19.6 Å². The first kappa shape index (κ1) is 21.1. The first-order valence-electron chi connectivity index (χ1n) is 10.2. The van der Waals surface area contributed by atoms with Gasteiger partial charge in [0.1, 0.15) is 17.0 Å². The van der Waals surface area contributed by atoms with Gasteiger partial charge in [-0.3, -0.25) is 18.7 Å². The van der Waals surface area contributed by atoms with E-state index in [1.54, 1.807) is 34.2 Å². The van der Waals surface area contributed by atoms with E-state index in [-0.39, 0.29) is 19.5 Å². The van der Waals surface area contributed by atoms with Crippen molar-refractivity contribution in [2.45, 2.75) is 25.1 Å². The molecular weight excluding hydrogens is 435 g/mol. The molecule has 0 bridgehead atoms. The SMILES string of the molecule is Cc1nn(C2(CC#N)CN(CC(F)(F)F)C2)cc1-c1nc(-c2cnn(C)c2)cc2nccn12. The van der Waals surface area contributed by atoms with Crippen molar-refractivity contribution < 1.29 is 13.2 Å². The predicted octanol–water partition coefficient (Wildman–Crippen LogP) is 2.79. The number of fused-ring (bicyclic) bond motifs is 1. The number of likely N-dealkylation sites (tertiary alicyclic amines) is 1. The van der Waals surface area contributed by atoms with Gasteiger partial charge in [-0.15, -0.1) is 0 Å². The minimum Gasteiger partial charge on any atom is -0.290 e. The molecule has 1 aliphatic heterocycles. The molecular formula is C21H20F3N9. The van der Waals surface area contributed by atoms with Crippen LogP contribution >= 0.6 is 0 Å². The van der Waals surface area contributed by atoms with Gasteiger partial charge in [-0.2, -0.15) is 28.6 Å². The van der Waals surface area contributed by atoms with Gasteiger partial charge >= 0.3 is 6.18 Å². The largest absolute Gasteiger partial charge is 0.401 e. The summed E-state index contributed by atoms with van der Waals surface area (Å²) in [6, 6.07) is 3.97. The fraction of sp³-hybridized carbons (Fsp3) is 0.381. The summed E-state index contributed by atoms with van der Waals surface area (Å²) in [5.41, 5.74) is 2.78. The smallest absolute Gasteiger partial charge is 0.290 e. The lowest BCUT2D eigenvalue weighted by Gasteiger charge is -2.49. The molecule has 0 amide bonds. The van der Waals surface area contributed by atoms with Crippen LogP contribution in [-0.2, 0) is 12.6 Å². The fourth-order valence-electron chi connectivity index (χ4n) is 4.37. The molecule has 4 aromatic heterocycles. The molecule has 170 valence electrons. The molecule has 0 radical (unpaired) electrons. The van der Waals surface area contributed by atoms with Crippen LogP contribution in [0.2, 0.25) is 0 Å². The maximum atomic E-state index is 12.8. The molecule has 9 nitrogen and oxygen atoms in total. The van der Waals surface area contributed by atoms with E-state index < -0.39 is 18.3 Å². The summed E-state index contributed by atoms with van der Waals surface area (Å²) in [5.74, 6) is 0.603. The van der Waals surface area contributed by atoms with Crippen LogP contribution in [0, 0.1) is 18.3 Å². The quantitative estimate of drug-likeness (QED) is 0.460. The monoisotopic (exact) mass is 455 g/mol. The van der Waals surface area contributed by atoms with Gasteiger partial charge in [0.25, 0.3) is 0 Å². The molecule has 0 unspecified atom stereocenters. The zero-order valence-corrected chi connectivity index (χ0v) is 18.0. The zero-order chi connectivity index (χ0) is 23.4. The van der Waals surface area contributed by atoms with Crippen LogP contribution in [-0.4, -0.2) is 64.6 Å². The fourth-order valence-corrected chi connectivity index (χ4v) is 4.37. The molecule has 0 aliphatic carbocycles.